The largest absolute Gasteiger partial charge is 0.469 e. The quantitative estimate of drug-likeness (QED) is 0.422. The van der Waals surface area contributed by atoms with Gasteiger partial charge in [0.25, 0.3) is 0 Å². The van der Waals surface area contributed by atoms with E-state index < -0.39 is 6.09 Å². The molecule has 0 radical (unpaired) electrons. The average Bonchev–Trinajstić information content (AvgIpc) is 3.08. The van der Waals surface area contributed by atoms with Crippen LogP contribution < -0.4 is 15.5 Å². The number of carbonyl (C=O) groups is 2. The van der Waals surface area contributed by atoms with Crippen LogP contribution in [0.1, 0.15) is 11.1 Å². The molecule has 3 N–H and O–H groups in total. The second-order valence-corrected chi connectivity index (χ2v) is 6.88. The molecule has 29 heavy (non-hydrogen) atoms. The first kappa shape index (κ1) is 20.2. The molecule has 0 aliphatic carbocycles. The first-order chi connectivity index (χ1) is 13.9. The monoisotopic (exact) mass is 396 g/mol. The fraction of sp³-hybridized carbons (Fsp3) is 0.286. The maximum absolute atomic E-state index is 12.3. The van der Waals surface area contributed by atoms with Crippen molar-refractivity contribution in [2.24, 2.45) is 5.73 Å². The van der Waals surface area contributed by atoms with Gasteiger partial charge < -0.3 is 20.1 Å². The van der Waals surface area contributed by atoms with Gasteiger partial charge in [0.1, 0.15) is 11.9 Å². The molecular formula is C21H24N4O4. The molecule has 1 aliphatic heterocycles. The van der Waals surface area contributed by atoms with Crippen molar-refractivity contribution in [1.82, 2.24) is 0 Å². The van der Waals surface area contributed by atoms with Crippen LogP contribution >= 0.6 is 0 Å². The number of hydrogen-bond acceptors (Lipinski definition) is 6. The zero-order chi connectivity index (χ0) is 21.0. The Kier molecular flexibility index (Phi) is 6.01. The Labute approximate surface area is 169 Å². The molecule has 8 heteroatoms. The third-order valence-electron chi connectivity index (χ3n) is 4.79. The summed E-state index contributed by atoms with van der Waals surface area (Å²) in [7, 11) is 3.29. The predicted molar refractivity (Wildman–Crippen MR) is 111 cm³/mol. The normalized spacial score (nSPS) is 15.7. The molecule has 0 spiro atoms. The first-order valence-electron chi connectivity index (χ1n) is 9.17. The summed E-state index contributed by atoms with van der Waals surface area (Å²) < 4.78 is 10.2. The van der Waals surface area contributed by atoms with Crippen molar-refractivity contribution in [2.45, 2.75) is 12.5 Å². The fourth-order valence-corrected chi connectivity index (χ4v) is 3.17. The van der Waals surface area contributed by atoms with Crippen LogP contribution in [0.3, 0.4) is 0 Å². The number of amides is 1. The minimum absolute atomic E-state index is 0.0161. The fourth-order valence-electron chi connectivity index (χ4n) is 3.17. The van der Waals surface area contributed by atoms with Crippen molar-refractivity contribution in [1.29, 1.82) is 5.41 Å². The number of likely N-dealkylation sites (N-methyl/N-ethyl adjacent to an activating group) is 1. The smallest absolute Gasteiger partial charge is 0.414 e. The van der Waals surface area contributed by atoms with Crippen LogP contribution in [0.4, 0.5) is 16.2 Å². The number of benzene rings is 2. The van der Waals surface area contributed by atoms with E-state index in [1.54, 1.807) is 29.2 Å². The number of anilines is 2. The number of amidine groups is 1. The van der Waals surface area contributed by atoms with Gasteiger partial charge in [-0.05, 0) is 42.0 Å². The second kappa shape index (κ2) is 8.64. The summed E-state index contributed by atoms with van der Waals surface area (Å²) in [6.07, 6.45) is -0.444. The number of rotatable bonds is 7. The topological polar surface area (TPSA) is 109 Å². The van der Waals surface area contributed by atoms with Crippen molar-refractivity contribution in [3.8, 4) is 0 Å². The van der Waals surface area contributed by atoms with Gasteiger partial charge in [-0.1, -0.05) is 12.1 Å². The molecule has 0 saturated carbocycles. The molecule has 1 saturated heterocycles. The van der Waals surface area contributed by atoms with Gasteiger partial charge in [-0.25, -0.2) is 4.79 Å². The van der Waals surface area contributed by atoms with Gasteiger partial charge >= 0.3 is 12.1 Å². The van der Waals surface area contributed by atoms with Crippen molar-refractivity contribution in [3.05, 3.63) is 59.7 Å². The van der Waals surface area contributed by atoms with Crippen molar-refractivity contribution in [3.63, 3.8) is 0 Å². The van der Waals surface area contributed by atoms with Gasteiger partial charge in [-0.15, -0.1) is 0 Å². The maximum atomic E-state index is 12.3. The minimum atomic E-state index is -0.396. The maximum Gasteiger partial charge on any atom is 0.414 e. The molecule has 3 rings (SSSR count). The van der Waals surface area contributed by atoms with Crippen LogP contribution in [-0.4, -0.2) is 51.2 Å². The standard InChI is InChI=1S/C21H24N4O4/c1-24(16-7-3-14(4-8-16)11-19(26)28-2)12-18-13-25(21(27)29-18)17-9-5-15(6-10-17)20(22)23/h3-10,18H,11-13H2,1-2H3,(H3,22,23). The van der Waals surface area contributed by atoms with E-state index in [9.17, 15) is 9.59 Å². The van der Waals surface area contributed by atoms with E-state index in [4.69, 9.17) is 15.9 Å². The van der Waals surface area contributed by atoms with Crippen LogP contribution in [-0.2, 0) is 20.7 Å². The van der Waals surface area contributed by atoms with E-state index in [1.165, 1.54) is 7.11 Å². The van der Waals surface area contributed by atoms with E-state index in [0.29, 0.717) is 24.3 Å². The number of esters is 1. The van der Waals surface area contributed by atoms with Gasteiger partial charge in [-0.2, -0.15) is 0 Å². The average molecular weight is 396 g/mol. The molecule has 2 aromatic carbocycles. The van der Waals surface area contributed by atoms with Gasteiger partial charge in [0.15, 0.2) is 0 Å². The lowest BCUT2D eigenvalue weighted by Crippen LogP contribution is -2.32. The molecule has 1 amide bonds. The number of cyclic esters (lactones) is 1. The van der Waals surface area contributed by atoms with E-state index >= 15 is 0 Å². The highest BCUT2D eigenvalue weighted by molar-refractivity contribution is 5.96. The Hall–Kier alpha value is -3.55. The van der Waals surface area contributed by atoms with Crippen LogP contribution in [0.25, 0.3) is 0 Å². The molecular weight excluding hydrogens is 372 g/mol. The molecule has 1 fully saturated rings. The minimum Gasteiger partial charge on any atom is -0.469 e. The van der Waals surface area contributed by atoms with Crippen LogP contribution in [0, 0.1) is 5.41 Å². The molecule has 0 bridgehead atoms. The first-order valence-corrected chi connectivity index (χ1v) is 9.17. The van der Waals surface area contributed by atoms with Gasteiger partial charge in [-0.3, -0.25) is 15.1 Å². The third-order valence-corrected chi connectivity index (χ3v) is 4.79. The summed E-state index contributed by atoms with van der Waals surface area (Å²) in [5, 5.41) is 7.45. The second-order valence-electron chi connectivity index (χ2n) is 6.88. The Bertz CT molecular complexity index is 896. The molecule has 1 atom stereocenters. The van der Waals surface area contributed by atoms with Gasteiger partial charge in [0.05, 0.1) is 26.6 Å². The molecule has 0 aromatic heterocycles. The Balaban J connectivity index is 1.60. The van der Waals surface area contributed by atoms with Gasteiger partial charge in [0, 0.05) is 24.0 Å². The lowest BCUT2D eigenvalue weighted by molar-refractivity contribution is -0.139. The van der Waals surface area contributed by atoms with E-state index in [0.717, 1.165) is 11.3 Å². The molecule has 2 aromatic rings. The van der Waals surface area contributed by atoms with Gasteiger partial charge in [0.2, 0.25) is 0 Å². The van der Waals surface area contributed by atoms with E-state index in [-0.39, 0.29) is 24.3 Å². The summed E-state index contributed by atoms with van der Waals surface area (Å²) in [4.78, 5) is 27.2. The number of ether oxygens (including phenoxy) is 2. The van der Waals surface area contributed by atoms with Crippen LogP contribution in [0.5, 0.6) is 0 Å². The SMILES string of the molecule is COC(=O)Cc1ccc(N(C)CC2CN(c3ccc(C(=N)N)cc3)C(=O)O2)cc1. The lowest BCUT2D eigenvalue weighted by Gasteiger charge is -2.22. The van der Waals surface area contributed by atoms with E-state index in [2.05, 4.69) is 4.74 Å². The van der Waals surface area contributed by atoms with Crippen LogP contribution in [0.2, 0.25) is 0 Å². The number of hydrogen-bond donors (Lipinski definition) is 2. The van der Waals surface area contributed by atoms with Crippen LogP contribution in [0.15, 0.2) is 48.5 Å². The molecule has 152 valence electrons. The Morgan fingerprint density at radius 2 is 1.90 bits per heavy atom. The van der Waals surface area contributed by atoms with Crippen molar-refractivity contribution < 1.29 is 19.1 Å². The number of carbonyl (C=O) groups excluding carboxylic acids is 2. The highest BCUT2D eigenvalue weighted by Gasteiger charge is 2.33. The lowest BCUT2D eigenvalue weighted by atomic mass is 10.1. The Morgan fingerprint density at radius 3 is 2.48 bits per heavy atom. The molecule has 1 aliphatic rings. The van der Waals surface area contributed by atoms with Crippen molar-refractivity contribution >= 4 is 29.3 Å². The van der Waals surface area contributed by atoms with E-state index in [1.807, 2.05) is 36.2 Å². The summed E-state index contributed by atoms with van der Waals surface area (Å²) in [6, 6.07) is 14.5. The number of nitrogens with two attached hydrogens (primary N) is 1. The molecule has 1 heterocycles. The Morgan fingerprint density at radius 1 is 1.24 bits per heavy atom. The molecule has 1 unspecified atom stereocenters. The highest BCUT2D eigenvalue weighted by atomic mass is 16.6. The number of methoxy groups -OCH3 is 1. The van der Waals surface area contributed by atoms with Crippen molar-refractivity contribution in [2.75, 3.05) is 37.0 Å². The zero-order valence-corrected chi connectivity index (χ0v) is 16.4. The molecule has 8 nitrogen and oxygen atoms in total. The number of nitrogens with one attached hydrogen (secondary N) is 1. The summed E-state index contributed by atoms with van der Waals surface area (Å²) in [5.74, 6) is -0.293. The number of nitrogens with zero attached hydrogens (tertiary/aromatic N) is 2. The highest BCUT2D eigenvalue weighted by Crippen LogP contribution is 2.23. The summed E-state index contributed by atoms with van der Waals surface area (Å²) >= 11 is 0. The summed E-state index contributed by atoms with van der Waals surface area (Å²) in [5.41, 5.74) is 8.61. The summed E-state index contributed by atoms with van der Waals surface area (Å²) in [6.45, 7) is 0.965. The zero-order valence-electron chi connectivity index (χ0n) is 16.4. The third kappa shape index (κ3) is 4.84. The number of nitrogen functional groups attached to an aromatic ring is 1. The predicted octanol–water partition coefficient (Wildman–Crippen LogP) is 2.15.